The molecule has 1 atom stereocenters. The van der Waals surface area contributed by atoms with Gasteiger partial charge in [-0.15, -0.1) is 0 Å². The molecule has 3 aliphatic rings. The van der Waals surface area contributed by atoms with Crippen LogP contribution in [0.15, 0.2) is 94.7 Å². The van der Waals surface area contributed by atoms with Crippen molar-refractivity contribution in [3.05, 3.63) is 96.2 Å². The van der Waals surface area contributed by atoms with E-state index < -0.39 is 8.07 Å². The van der Waals surface area contributed by atoms with Gasteiger partial charge in [0.15, 0.2) is 0 Å². The van der Waals surface area contributed by atoms with Crippen molar-refractivity contribution in [2.75, 3.05) is 0 Å². The lowest BCUT2D eigenvalue weighted by atomic mass is 9.36. The van der Waals surface area contributed by atoms with Crippen LogP contribution in [0.1, 0.15) is 37.4 Å². The molecule has 1 aromatic heterocycles. The highest BCUT2D eigenvalue weighted by Gasteiger charge is 2.46. The molecule has 1 aliphatic carbocycles. The quantitative estimate of drug-likeness (QED) is 0.216. The first-order valence-electron chi connectivity index (χ1n) is 14.3. The number of aryl methyl sites for hydroxylation is 1. The number of hydrogen-bond donors (Lipinski definition) is 0. The van der Waals surface area contributed by atoms with Crippen LogP contribution in [0.2, 0.25) is 12.6 Å². The van der Waals surface area contributed by atoms with Gasteiger partial charge in [-0.1, -0.05) is 125 Å². The third-order valence-electron chi connectivity index (χ3n) is 9.74. The Balaban J connectivity index is 1.35. The zero-order chi connectivity index (χ0) is 25.4. The maximum Gasteiger partial charge on any atom is 0.243 e. The molecule has 8 rings (SSSR count). The van der Waals surface area contributed by atoms with E-state index in [0.29, 0.717) is 6.71 Å². The Morgan fingerprint density at radius 2 is 1.61 bits per heavy atom. The highest BCUT2D eigenvalue weighted by Crippen LogP contribution is 2.37. The van der Waals surface area contributed by atoms with Gasteiger partial charge < -0.3 is 4.57 Å². The van der Waals surface area contributed by atoms with Gasteiger partial charge in [0, 0.05) is 26.6 Å². The number of hydrogen-bond acceptors (Lipinski definition) is 1. The summed E-state index contributed by atoms with van der Waals surface area (Å²) in [5.41, 5.74) is 10.5. The number of rotatable bonds is 2. The molecule has 0 N–H and O–H groups in total. The van der Waals surface area contributed by atoms with Crippen LogP contribution < -0.4 is 26.8 Å². The molecule has 38 heavy (non-hydrogen) atoms. The lowest BCUT2D eigenvalue weighted by molar-refractivity contribution is 0.704. The van der Waals surface area contributed by atoms with Crippen LogP contribution in [-0.4, -0.2) is 19.4 Å². The third-order valence-corrected chi connectivity index (χ3v) is 15.6. The second-order valence-electron chi connectivity index (χ2n) is 11.6. The fourth-order valence-electron chi connectivity index (χ4n) is 7.74. The Hall–Kier alpha value is -2.95. The molecule has 0 radical (unpaired) electrons. The van der Waals surface area contributed by atoms with Gasteiger partial charge in [0.2, 0.25) is 6.71 Å². The summed E-state index contributed by atoms with van der Waals surface area (Å²) >= 11 is 2.00. The van der Waals surface area contributed by atoms with Gasteiger partial charge in [-0.2, -0.15) is 0 Å². The summed E-state index contributed by atoms with van der Waals surface area (Å²) in [5, 5.41) is 4.75. The number of fused-ring (bicyclic) bond motifs is 7. The molecule has 1 unspecified atom stereocenters. The van der Waals surface area contributed by atoms with Gasteiger partial charge in [0.25, 0.3) is 0 Å². The molecule has 2 aliphatic heterocycles. The zero-order valence-corrected chi connectivity index (χ0v) is 24.1. The fourth-order valence-corrected chi connectivity index (χ4v) is 12.8. The van der Waals surface area contributed by atoms with Crippen LogP contribution in [0.5, 0.6) is 0 Å². The molecule has 0 bridgehead atoms. The van der Waals surface area contributed by atoms with Crippen LogP contribution >= 0.6 is 11.8 Å². The summed E-state index contributed by atoms with van der Waals surface area (Å²) in [6.45, 7) is 5.33. The Morgan fingerprint density at radius 3 is 2.53 bits per heavy atom. The van der Waals surface area contributed by atoms with E-state index >= 15 is 0 Å². The molecule has 0 spiro atoms. The number of benzene rings is 4. The van der Waals surface area contributed by atoms with E-state index in [0.717, 1.165) is 0 Å². The molecule has 3 heterocycles. The molecule has 0 saturated heterocycles. The number of nitrogens with zero attached hydrogens (tertiary/aromatic N) is 1. The molecule has 4 aromatic carbocycles. The Bertz CT molecular complexity index is 1750. The van der Waals surface area contributed by atoms with Crippen molar-refractivity contribution in [1.29, 1.82) is 0 Å². The SMILES string of the molecule is CC[Si]1(C)c2ccccc2B2c3ccc(-n4c5c(c6ccccc64)CCCCC5)cc3Sc3cccc1c32. The number of aromatic nitrogens is 1. The van der Waals surface area contributed by atoms with Crippen LogP contribution in [0, 0.1) is 0 Å². The highest BCUT2D eigenvalue weighted by atomic mass is 32.2. The van der Waals surface area contributed by atoms with E-state index in [1.165, 1.54) is 70.0 Å². The first-order chi connectivity index (χ1) is 18.7. The zero-order valence-electron chi connectivity index (χ0n) is 22.3. The van der Waals surface area contributed by atoms with Crippen molar-refractivity contribution in [2.45, 2.75) is 61.4 Å². The predicted molar refractivity (Wildman–Crippen MR) is 168 cm³/mol. The summed E-state index contributed by atoms with van der Waals surface area (Å²) in [4.78, 5) is 2.89. The maximum atomic E-state index is 2.60. The van der Waals surface area contributed by atoms with Crippen molar-refractivity contribution in [3.8, 4) is 5.69 Å². The lowest BCUT2D eigenvalue weighted by Crippen LogP contribution is -2.78. The van der Waals surface area contributed by atoms with Crippen LogP contribution in [0.25, 0.3) is 16.6 Å². The predicted octanol–water partition coefficient (Wildman–Crippen LogP) is 5.41. The third kappa shape index (κ3) is 3.08. The Kier molecular flexibility index (Phi) is 5.16. The minimum Gasteiger partial charge on any atom is -0.313 e. The van der Waals surface area contributed by atoms with Gasteiger partial charge >= 0.3 is 0 Å². The summed E-state index contributed by atoms with van der Waals surface area (Å²) in [6.07, 6.45) is 6.32. The Labute approximate surface area is 231 Å². The summed E-state index contributed by atoms with van der Waals surface area (Å²) < 4.78 is 2.60. The molecule has 5 aromatic rings. The average molecular weight is 526 g/mol. The molecule has 0 amide bonds. The van der Waals surface area contributed by atoms with Gasteiger partial charge in [-0.25, -0.2) is 0 Å². The number of para-hydroxylation sites is 1. The molecular formula is C34H32BNSSi. The first-order valence-corrected chi connectivity index (χ1v) is 17.9. The van der Waals surface area contributed by atoms with Gasteiger partial charge in [0.05, 0.1) is 5.52 Å². The molecule has 0 fully saturated rings. The average Bonchev–Trinajstić information content (AvgIpc) is 3.08. The van der Waals surface area contributed by atoms with Crippen LogP contribution in [0.4, 0.5) is 0 Å². The highest BCUT2D eigenvalue weighted by molar-refractivity contribution is 8.00. The smallest absolute Gasteiger partial charge is 0.243 e. The van der Waals surface area contributed by atoms with Crippen molar-refractivity contribution >= 4 is 64.2 Å². The van der Waals surface area contributed by atoms with E-state index in [-0.39, 0.29) is 0 Å². The summed E-state index contributed by atoms with van der Waals surface area (Å²) in [7, 11) is -1.75. The molecular weight excluding hydrogens is 493 g/mol. The van der Waals surface area contributed by atoms with Gasteiger partial charge in [-0.05, 0) is 55.5 Å². The van der Waals surface area contributed by atoms with Gasteiger partial charge in [-0.3, -0.25) is 0 Å². The van der Waals surface area contributed by atoms with E-state index in [4.69, 9.17) is 0 Å². The normalized spacial score (nSPS) is 19.4. The molecule has 1 nitrogen and oxygen atoms in total. The topological polar surface area (TPSA) is 4.93 Å². The molecule has 0 saturated carbocycles. The van der Waals surface area contributed by atoms with Crippen molar-refractivity contribution in [1.82, 2.24) is 4.57 Å². The second kappa shape index (κ2) is 8.53. The summed E-state index contributed by atoms with van der Waals surface area (Å²) in [6, 6.07) is 34.3. The minimum atomic E-state index is -1.75. The standard InChI is InChI=1S/C34H32BNSSi/c1-3-38(2)32-18-10-8-14-27(32)35-26-21-20-23(22-31(26)37-30-17-11-19-33(38)34(30)35)36-28-15-6-4-5-12-24(28)25-13-7-9-16-29(25)36/h7-11,13-14,16-22H,3-6,12,15H2,1-2H3. The van der Waals surface area contributed by atoms with Gasteiger partial charge in [0.1, 0.15) is 8.07 Å². The molecule has 4 heteroatoms. The van der Waals surface area contributed by atoms with Crippen molar-refractivity contribution < 1.29 is 0 Å². The second-order valence-corrected chi connectivity index (χ2v) is 17.1. The van der Waals surface area contributed by atoms with Crippen LogP contribution in [0.3, 0.4) is 0 Å². The fraction of sp³-hybridized carbons (Fsp3) is 0.235. The summed E-state index contributed by atoms with van der Waals surface area (Å²) in [5.74, 6) is 0. The van der Waals surface area contributed by atoms with E-state index in [9.17, 15) is 0 Å². The van der Waals surface area contributed by atoms with E-state index in [1.54, 1.807) is 32.6 Å². The monoisotopic (exact) mass is 525 g/mol. The Morgan fingerprint density at radius 1 is 0.789 bits per heavy atom. The van der Waals surface area contributed by atoms with E-state index in [1.807, 2.05) is 11.8 Å². The lowest BCUT2D eigenvalue weighted by Gasteiger charge is -2.42. The van der Waals surface area contributed by atoms with Crippen molar-refractivity contribution in [2.24, 2.45) is 0 Å². The van der Waals surface area contributed by atoms with Crippen LogP contribution in [-0.2, 0) is 12.8 Å². The first kappa shape index (κ1) is 23.0. The van der Waals surface area contributed by atoms with E-state index in [2.05, 4.69) is 103 Å². The molecule has 186 valence electrons. The van der Waals surface area contributed by atoms with Crippen molar-refractivity contribution in [3.63, 3.8) is 0 Å². The largest absolute Gasteiger partial charge is 0.313 e. The maximum absolute atomic E-state index is 2.60. The minimum absolute atomic E-state index is 0.341.